The summed E-state index contributed by atoms with van der Waals surface area (Å²) in [5.41, 5.74) is -0.880. The van der Waals surface area contributed by atoms with Crippen molar-refractivity contribution in [3.05, 3.63) is 17.7 Å². The molecule has 0 fully saturated rings. The van der Waals surface area contributed by atoms with Gasteiger partial charge in [-0.05, 0) is 0 Å². The van der Waals surface area contributed by atoms with Crippen molar-refractivity contribution >= 4 is 11.9 Å². The molecule has 61 valence electrons. The van der Waals surface area contributed by atoms with Crippen molar-refractivity contribution in [3.63, 3.8) is 0 Å². The van der Waals surface area contributed by atoms with E-state index in [1.165, 1.54) is 0 Å². The largest absolute Gasteiger partial charge is 0.477 e. The number of nitrogens with zero attached hydrogens (tertiary/aromatic N) is 1. The summed E-state index contributed by atoms with van der Waals surface area (Å²) < 4.78 is 0. The molecule has 0 atom stereocenters. The second-order valence-corrected chi connectivity index (χ2v) is 1.74. The van der Waals surface area contributed by atoms with E-state index in [2.05, 4.69) is 9.97 Å². The van der Waals surface area contributed by atoms with Crippen molar-refractivity contribution in [3.8, 4) is 0 Å². The Hall–Kier alpha value is -0.655. The molecular weight excluding hydrogens is 291 g/mol. The van der Waals surface area contributed by atoms with E-state index in [9.17, 15) is 9.59 Å². The van der Waals surface area contributed by atoms with E-state index in [-0.39, 0.29) is 35.6 Å². The second-order valence-electron chi connectivity index (χ2n) is 1.74. The average Bonchev–Trinajstić information content (AvgIpc) is 2.32. The molecule has 3 N–H and O–H groups in total. The predicted molar refractivity (Wildman–Crippen MR) is 32.5 cm³/mol. The number of carbonyl (C=O) groups is 2. The normalized spacial score (nSPS) is 8.67. The van der Waals surface area contributed by atoms with Gasteiger partial charge in [0, 0.05) is 35.6 Å². The molecule has 1 aromatic rings. The Morgan fingerprint density at radius 2 is 1.92 bits per heavy atom. The third-order valence-electron chi connectivity index (χ3n) is 1.06. The van der Waals surface area contributed by atoms with Gasteiger partial charge in [0.05, 0.1) is 6.33 Å². The van der Waals surface area contributed by atoms with Gasteiger partial charge in [0.1, 0.15) is 0 Å². The molecule has 0 bridgehead atoms. The van der Waals surface area contributed by atoms with Crippen LogP contribution in [0.1, 0.15) is 21.0 Å². The van der Waals surface area contributed by atoms with E-state index in [1.807, 2.05) is 0 Å². The smallest absolute Gasteiger partial charge is 0.357 e. The maximum Gasteiger partial charge on any atom is 0.357 e. The van der Waals surface area contributed by atoms with Crippen molar-refractivity contribution in [1.82, 2.24) is 9.97 Å². The number of aromatic amines is 1. The van der Waals surface area contributed by atoms with E-state index in [0.717, 1.165) is 6.33 Å². The van der Waals surface area contributed by atoms with Gasteiger partial charge in [0.2, 0.25) is 0 Å². The average molecular weight is 295 g/mol. The molecule has 0 unspecified atom stereocenters. The first-order valence-electron chi connectivity index (χ1n) is 2.63. The van der Waals surface area contributed by atoms with Gasteiger partial charge in [-0.25, -0.2) is 14.6 Å². The summed E-state index contributed by atoms with van der Waals surface area (Å²) in [6.45, 7) is 0. The van der Waals surface area contributed by atoms with E-state index in [0.29, 0.717) is 0 Å². The molecule has 1 heterocycles. The molecule has 0 saturated carbocycles. The minimum Gasteiger partial charge on any atom is -0.477 e. The van der Waals surface area contributed by atoms with Crippen LogP contribution in [0.25, 0.3) is 0 Å². The van der Waals surface area contributed by atoms with Crippen LogP contribution in [-0.2, 0) is 0 Å². The summed E-state index contributed by atoms with van der Waals surface area (Å²) in [6, 6.07) is 0. The van der Waals surface area contributed by atoms with Crippen LogP contribution in [0.4, 0.5) is 0 Å². The standard InChI is InChI=1S/C5H4N2O4.La/c8-4(9)2-3(5(10)11)7-1-6-2;/h1H,(H,6,7)(H,8,9)(H,10,11);. The van der Waals surface area contributed by atoms with Gasteiger partial charge in [-0.2, -0.15) is 0 Å². The third kappa shape index (κ3) is 2.16. The fourth-order valence-corrected chi connectivity index (χ4v) is 0.619. The van der Waals surface area contributed by atoms with Crippen molar-refractivity contribution in [2.45, 2.75) is 0 Å². The van der Waals surface area contributed by atoms with Crippen LogP contribution in [-0.4, -0.2) is 32.1 Å². The summed E-state index contributed by atoms with van der Waals surface area (Å²) in [5, 5.41) is 16.7. The van der Waals surface area contributed by atoms with E-state index in [1.54, 1.807) is 0 Å². The molecule has 6 nitrogen and oxygen atoms in total. The summed E-state index contributed by atoms with van der Waals surface area (Å²) in [7, 11) is 0. The molecule has 0 aliphatic heterocycles. The number of hydrogen-bond donors (Lipinski definition) is 3. The van der Waals surface area contributed by atoms with Gasteiger partial charge in [-0.1, -0.05) is 0 Å². The van der Waals surface area contributed by atoms with Crippen LogP contribution in [0, 0.1) is 35.6 Å². The predicted octanol–water partition coefficient (Wildman–Crippen LogP) is -0.194. The SMILES string of the molecule is O=C(O)c1nc[nH]c1C(=O)O.[La]. The summed E-state index contributed by atoms with van der Waals surface area (Å²) in [6.07, 6.45) is 1.02. The molecule has 1 rings (SSSR count). The Morgan fingerprint density at radius 3 is 2.25 bits per heavy atom. The van der Waals surface area contributed by atoms with Crippen LogP contribution in [0.5, 0.6) is 0 Å². The fraction of sp³-hybridized carbons (Fsp3) is 0. The minimum absolute atomic E-state index is 0. The Balaban J connectivity index is 0.00000121. The Morgan fingerprint density at radius 1 is 1.33 bits per heavy atom. The number of carboxylic acids is 2. The van der Waals surface area contributed by atoms with Crippen LogP contribution >= 0.6 is 0 Å². The molecule has 12 heavy (non-hydrogen) atoms. The van der Waals surface area contributed by atoms with Gasteiger partial charge in [-0.15, -0.1) is 0 Å². The Labute approximate surface area is 94.6 Å². The number of imidazole rings is 1. The van der Waals surface area contributed by atoms with Crippen molar-refractivity contribution in [2.24, 2.45) is 0 Å². The van der Waals surface area contributed by atoms with E-state index in [4.69, 9.17) is 10.2 Å². The maximum atomic E-state index is 10.3. The summed E-state index contributed by atoms with van der Waals surface area (Å²) >= 11 is 0. The minimum atomic E-state index is -1.36. The maximum absolute atomic E-state index is 10.3. The number of H-pyrrole nitrogens is 1. The second kappa shape index (κ2) is 4.39. The first-order valence-corrected chi connectivity index (χ1v) is 2.63. The van der Waals surface area contributed by atoms with Crippen LogP contribution in [0.3, 0.4) is 0 Å². The van der Waals surface area contributed by atoms with Crippen molar-refractivity contribution in [1.29, 1.82) is 0 Å². The molecule has 0 aliphatic rings. The zero-order chi connectivity index (χ0) is 8.43. The van der Waals surface area contributed by atoms with Crippen LogP contribution in [0.15, 0.2) is 6.33 Å². The molecule has 0 aliphatic carbocycles. The van der Waals surface area contributed by atoms with Gasteiger partial charge in [0.15, 0.2) is 11.4 Å². The number of aromatic carboxylic acids is 2. The summed E-state index contributed by atoms with van der Waals surface area (Å²) in [5.74, 6) is -2.69. The molecule has 0 amide bonds. The van der Waals surface area contributed by atoms with Gasteiger partial charge in [-0.3, -0.25) is 0 Å². The number of nitrogens with one attached hydrogen (secondary N) is 1. The van der Waals surface area contributed by atoms with E-state index >= 15 is 0 Å². The van der Waals surface area contributed by atoms with Crippen LogP contribution < -0.4 is 0 Å². The first-order chi connectivity index (χ1) is 5.13. The zero-order valence-electron chi connectivity index (χ0n) is 5.81. The molecular formula is C5H4LaN2O4. The molecule has 0 saturated heterocycles. The van der Waals surface area contributed by atoms with Gasteiger partial charge >= 0.3 is 11.9 Å². The quantitative estimate of drug-likeness (QED) is 0.701. The Bertz CT molecular complexity index is 280. The van der Waals surface area contributed by atoms with Crippen LogP contribution in [0.2, 0.25) is 0 Å². The number of aromatic nitrogens is 2. The molecule has 0 aromatic carbocycles. The van der Waals surface area contributed by atoms with Gasteiger partial charge in [0.25, 0.3) is 0 Å². The fourth-order valence-electron chi connectivity index (χ4n) is 0.619. The van der Waals surface area contributed by atoms with Crippen molar-refractivity contribution in [2.75, 3.05) is 0 Å². The van der Waals surface area contributed by atoms with E-state index < -0.39 is 23.3 Å². The molecule has 0 spiro atoms. The zero-order valence-corrected chi connectivity index (χ0v) is 9.44. The molecule has 1 radical (unpaired) electrons. The topological polar surface area (TPSA) is 103 Å². The Kier molecular flexibility index (Phi) is 4.15. The monoisotopic (exact) mass is 295 g/mol. The molecule has 1 aromatic heterocycles. The van der Waals surface area contributed by atoms with Crippen molar-refractivity contribution < 1.29 is 55.4 Å². The summed E-state index contributed by atoms with van der Waals surface area (Å²) in [4.78, 5) is 26.0. The van der Waals surface area contributed by atoms with Gasteiger partial charge < -0.3 is 15.2 Å². The number of carboxylic acid groups (broad SMARTS) is 2. The number of rotatable bonds is 2. The number of hydrogen-bond acceptors (Lipinski definition) is 3. The molecule has 7 heteroatoms. The first kappa shape index (κ1) is 11.3. The third-order valence-corrected chi connectivity index (χ3v) is 1.06.